The van der Waals surface area contributed by atoms with Crippen molar-refractivity contribution in [2.24, 2.45) is 11.8 Å². The van der Waals surface area contributed by atoms with Crippen molar-refractivity contribution < 1.29 is 66.6 Å². The minimum absolute atomic E-state index is 0.159. The van der Waals surface area contributed by atoms with E-state index in [9.17, 15) is 61.9 Å². The molecule has 1 unspecified atom stereocenters. The van der Waals surface area contributed by atoms with E-state index in [0.29, 0.717) is 25.0 Å². The standard InChI is InChI=1S/C30H29F10NO5S/c1-46-25(43)20-7-5-19(6-8-20)24(42)41-14-13-26(17-41,47(44,45)23-4-2-3-18(15-23)16-27(31,32)33)21-9-11-22(12-10-21)28(34,29(35,36)37)30(38,39)40/h2-4,9-12,15,19-20H,5-8,13-14,16-17H2,1H3/t19-,20-,26?. The fourth-order valence-electron chi connectivity index (χ4n) is 6.35. The molecule has 6 nitrogen and oxygen atoms in total. The molecule has 4 rings (SSSR count). The fraction of sp³-hybridized carbons (Fsp3) is 0.533. The molecule has 17 heteroatoms. The van der Waals surface area contributed by atoms with Gasteiger partial charge in [0.25, 0.3) is 0 Å². The van der Waals surface area contributed by atoms with Crippen molar-refractivity contribution in [3.05, 3.63) is 65.2 Å². The topological polar surface area (TPSA) is 80.8 Å². The quantitative estimate of drug-likeness (QED) is 0.230. The summed E-state index contributed by atoms with van der Waals surface area (Å²) in [5.41, 5.74) is -8.49. The van der Waals surface area contributed by atoms with Gasteiger partial charge in [0, 0.05) is 24.6 Å². The molecule has 2 aromatic carbocycles. The third kappa shape index (κ3) is 6.81. The number of carbonyl (C=O) groups excluding carboxylic acids is 2. The van der Waals surface area contributed by atoms with Gasteiger partial charge in [0.1, 0.15) is 4.75 Å². The molecule has 1 heterocycles. The molecular weight excluding hydrogens is 676 g/mol. The maximum Gasteiger partial charge on any atom is 0.435 e. The second kappa shape index (κ2) is 12.6. The first-order valence-corrected chi connectivity index (χ1v) is 15.8. The first-order valence-electron chi connectivity index (χ1n) is 14.3. The number of hydrogen-bond acceptors (Lipinski definition) is 5. The number of carbonyl (C=O) groups is 2. The number of sulfone groups is 1. The fourth-order valence-corrected chi connectivity index (χ4v) is 8.50. The molecule has 2 fully saturated rings. The van der Waals surface area contributed by atoms with E-state index in [0.717, 1.165) is 24.3 Å². The molecule has 0 bridgehead atoms. The van der Waals surface area contributed by atoms with Crippen molar-refractivity contribution >= 4 is 21.7 Å². The SMILES string of the molecule is COC(=O)[C@H]1CC[C@H](C(=O)N2CCC(c3ccc(C(F)(C(F)(F)F)C(F)(F)F)cc3)(S(=O)(=O)c3cccc(CC(F)(F)F)c3)C2)CC1. The number of esters is 1. The summed E-state index contributed by atoms with van der Waals surface area (Å²) >= 11 is 0. The third-order valence-corrected chi connectivity index (χ3v) is 11.3. The van der Waals surface area contributed by atoms with Crippen molar-refractivity contribution in [1.29, 1.82) is 0 Å². The molecule has 260 valence electrons. The smallest absolute Gasteiger partial charge is 0.435 e. The maximum atomic E-state index is 14.8. The van der Waals surface area contributed by atoms with Crippen molar-refractivity contribution in [3.63, 3.8) is 0 Å². The molecule has 1 atom stereocenters. The van der Waals surface area contributed by atoms with Gasteiger partial charge in [-0.25, -0.2) is 12.8 Å². The average molecular weight is 706 g/mol. The molecule has 1 aliphatic carbocycles. The van der Waals surface area contributed by atoms with Crippen LogP contribution in [0.5, 0.6) is 0 Å². The first kappa shape index (κ1) is 36.5. The number of hydrogen-bond donors (Lipinski definition) is 0. The molecule has 1 aliphatic heterocycles. The van der Waals surface area contributed by atoms with E-state index in [1.54, 1.807) is 0 Å². The van der Waals surface area contributed by atoms with Crippen LogP contribution < -0.4 is 0 Å². The lowest BCUT2D eigenvalue weighted by Crippen LogP contribution is -2.50. The molecule has 1 amide bonds. The Morgan fingerprint density at radius 3 is 1.91 bits per heavy atom. The second-order valence-corrected chi connectivity index (χ2v) is 14.0. The third-order valence-electron chi connectivity index (χ3n) is 8.87. The van der Waals surface area contributed by atoms with Gasteiger partial charge >= 0.3 is 30.2 Å². The Morgan fingerprint density at radius 2 is 1.40 bits per heavy atom. The van der Waals surface area contributed by atoms with Crippen LogP contribution in [0.4, 0.5) is 43.9 Å². The lowest BCUT2D eigenvalue weighted by molar-refractivity contribution is -0.348. The number of amides is 1. The zero-order valence-corrected chi connectivity index (χ0v) is 25.4. The molecule has 47 heavy (non-hydrogen) atoms. The summed E-state index contributed by atoms with van der Waals surface area (Å²) in [6, 6.07) is 5.33. The summed E-state index contributed by atoms with van der Waals surface area (Å²) in [6.45, 7) is -0.885. The van der Waals surface area contributed by atoms with Crippen molar-refractivity contribution in [3.8, 4) is 0 Å². The number of methoxy groups -OCH3 is 1. The normalized spacial score (nSPS) is 23.1. The number of likely N-dealkylation sites (tertiary alicyclic amines) is 1. The highest BCUT2D eigenvalue weighted by Crippen LogP contribution is 2.54. The Hall–Kier alpha value is -3.37. The lowest BCUT2D eigenvalue weighted by Gasteiger charge is -2.33. The Morgan fingerprint density at radius 1 is 0.851 bits per heavy atom. The van der Waals surface area contributed by atoms with Crippen LogP contribution in [-0.2, 0) is 41.0 Å². The molecule has 0 radical (unpaired) electrons. The summed E-state index contributed by atoms with van der Waals surface area (Å²) in [5.74, 6) is -2.05. The molecular formula is C30H29F10NO5S. The molecule has 1 saturated carbocycles. The van der Waals surface area contributed by atoms with Crippen LogP contribution in [0.25, 0.3) is 0 Å². The Labute approximate surface area is 263 Å². The summed E-state index contributed by atoms with van der Waals surface area (Å²) in [5, 5.41) is 0. The maximum absolute atomic E-state index is 14.8. The first-order chi connectivity index (χ1) is 21.6. The predicted molar refractivity (Wildman–Crippen MR) is 145 cm³/mol. The van der Waals surface area contributed by atoms with Crippen LogP contribution in [0.2, 0.25) is 0 Å². The monoisotopic (exact) mass is 705 g/mol. The number of ether oxygens (including phenoxy) is 1. The van der Waals surface area contributed by atoms with Crippen molar-refractivity contribution in [1.82, 2.24) is 4.90 Å². The van der Waals surface area contributed by atoms with Crippen LogP contribution in [0.1, 0.15) is 48.8 Å². The van der Waals surface area contributed by atoms with Crippen LogP contribution in [0.3, 0.4) is 0 Å². The van der Waals surface area contributed by atoms with E-state index < -0.39 is 97.9 Å². The summed E-state index contributed by atoms with van der Waals surface area (Å²) < 4.78 is 165. The molecule has 1 saturated heterocycles. The van der Waals surface area contributed by atoms with Gasteiger partial charge in [-0.3, -0.25) is 9.59 Å². The highest BCUT2D eigenvalue weighted by Gasteiger charge is 2.73. The molecule has 2 aliphatic rings. The van der Waals surface area contributed by atoms with E-state index in [1.807, 2.05) is 0 Å². The number of alkyl halides is 10. The largest absolute Gasteiger partial charge is 0.469 e. The molecule has 0 N–H and O–H groups in total. The van der Waals surface area contributed by atoms with Gasteiger partial charge in [0.05, 0.1) is 24.3 Å². The van der Waals surface area contributed by atoms with Gasteiger partial charge in [-0.15, -0.1) is 0 Å². The van der Waals surface area contributed by atoms with E-state index in [4.69, 9.17) is 4.74 Å². The van der Waals surface area contributed by atoms with Crippen LogP contribution >= 0.6 is 0 Å². The number of rotatable bonds is 7. The van der Waals surface area contributed by atoms with Crippen molar-refractivity contribution in [2.45, 2.75) is 72.4 Å². The van der Waals surface area contributed by atoms with Gasteiger partial charge in [0.2, 0.25) is 5.91 Å². The van der Waals surface area contributed by atoms with E-state index in [-0.39, 0.29) is 37.1 Å². The number of benzene rings is 2. The van der Waals surface area contributed by atoms with Gasteiger partial charge < -0.3 is 9.64 Å². The van der Waals surface area contributed by atoms with Gasteiger partial charge in [-0.2, -0.15) is 39.5 Å². The summed E-state index contributed by atoms with van der Waals surface area (Å²) in [4.78, 5) is 26.0. The van der Waals surface area contributed by atoms with Crippen LogP contribution in [0.15, 0.2) is 53.4 Å². The molecule has 2 aromatic rings. The Kier molecular flexibility index (Phi) is 9.76. The highest BCUT2D eigenvalue weighted by atomic mass is 32.2. The van der Waals surface area contributed by atoms with Gasteiger partial charge in [-0.1, -0.05) is 36.4 Å². The van der Waals surface area contributed by atoms with E-state index in [2.05, 4.69) is 0 Å². The highest BCUT2D eigenvalue weighted by molar-refractivity contribution is 7.92. The molecule has 0 aromatic heterocycles. The van der Waals surface area contributed by atoms with Gasteiger partial charge in [0.15, 0.2) is 9.84 Å². The molecule has 0 spiro atoms. The van der Waals surface area contributed by atoms with E-state index in [1.165, 1.54) is 12.0 Å². The van der Waals surface area contributed by atoms with E-state index >= 15 is 0 Å². The second-order valence-electron chi connectivity index (χ2n) is 11.7. The van der Waals surface area contributed by atoms with Crippen LogP contribution in [-0.4, -0.2) is 63.9 Å². The summed E-state index contributed by atoms with van der Waals surface area (Å²) in [6.07, 6.45) is -18.4. The zero-order chi connectivity index (χ0) is 35.2. The summed E-state index contributed by atoms with van der Waals surface area (Å²) in [7, 11) is -3.60. The average Bonchev–Trinajstić information content (AvgIpc) is 3.46. The number of nitrogens with zero attached hydrogens (tertiary/aromatic N) is 1. The number of halogens is 10. The Bertz CT molecular complexity index is 1570. The predicted octanol–water partition coefficient (Wildman–Crippen LogP) is 6.96. The minimum Gasteiger partial charge on any atom is -0.469 e. The minimum atomic E-state index is -6.43. The van der Waals surface area contributed by atoms with Crippen LogP contribution in [0, 0.1) is 11.8 Å². The Balaban J connectivity index is 1.76. The lowest BCUT2D eigenvalue weighted by atomic mass is 9.81. The van der Waals surface area contributed by atoms with Gasteiger partial charge in [-0.05, 0) is 55.4 Å². The van der Waals surface area contributed by atoms with Crippen molar-refractivity contribution in [2.75, 3.05) is 20.2 Å². The zero-order valence-electron chi connectivity index (χ0n) is 24.6.